The Morgan fingerprint density at radius 3 is 2.58 bits per heavy atom. The van der Waals surface area contributed by atoms with Crippen LogP contribution in [0, 0.1) is 5.92 Å². The van der Waals surface area contributed by atoms with Crippen LogP contribution in [0.25, 0.3) is 10.1 Å². The Balaban J connectivity index is 1.60. The first kappa shape index (κ1) is 26.7. The van der Waals surface area contributed by atoms with Gasteiger partial charge in [0.25, 0.3) is 0 Å². The third-order valence-corrected chi connectivity index (χ3v) is 7.94. The number of amides is 1. The van der Waals surface area contributed by atoms with E-state index in [1.54, 1.807) is 18.3 Å². The highest BCUT2D eigenvalue weighted by Crippen LogP contribution is 2.42. The van der Waals surface area contributed by atoms with Crippen LogP contribution in [0.4, 0.5) is 0 Å². The molecule has 0 spiro atoms. The number of thiophene rings is 1. The van der Waals surface area contributed by atoms with Crippen molar-refractivity contribution in [2.75, 3.05) is 27.4 Å². The van der Waals surface area contributed by atoms with Crippen LogP contribution < -0.4 is 14.8 Å². The number of carbonyl (C=O) groups is 2. The third-order valence-electron chi connectivity index (χ3n) is 5.97. The number of ketones is 1. The first-order chi connectivity index (χ1) is 17.4. The summed E-state index contributed by atoms with van der Waals surface area (Å²) < 4.78 is 17.1. The number of nitrogens with one attached hydrogen (secondary N) is 1. The molecule has 0 aliphatic carbocycles. The second kappa shape index (κ2) is 11.8. The van der Waals surface area contributed by atoms with Gasteiger partial charge in [-0.25, -0.2) is 0 Å². The van der Waals surface area contributed by atoms with Gasteiger partial charge in [-0.1, -0.05) is 34.8 Å². The smallest absolute Gasteiger partial charge is 0.245 e. The highest BCUT2D eigenvalue weighted by Gasteiger charge is 2.28. The topological polar surface area (TPSA) is 86.8 Å². The van der Waals surface area contributed by atoms with E-state index in [1.165, 1.54) is 37.2 Å². The number of nitrogens with zero attached hydrogens (tertiary/aromatic N) is 1. The van der Waals surface area contributed by atoms with Gasteiger partial charge in [-0.3, -0.25) is 14.6 Å². The zero-order valence-electron chi connectivity index (χ0n) is 19.5. The van der Waals surface area contributed by atoms with Gasteiger partial charge in [-0.05, 0) is 25.0 Å². The molecule has 2 atom stereocenters. The molecule has 0 bridgehead atoms. The molecule has 4 rings (SSSR count). The number of ether oxygens (including phenoxy) is 3. The largest absolute Gasteiger partial charge is 0.495 e. The number of aromatic nitrogens is 1. The van der Waals surface area contributed by atoms with Crippen LogP contribution in [0.5, 0.6) is 11.5 Å². The molecule has 1 amide bonds. The monoisotopic (exact) mass is 568 g/mol. The molecule has 1 aliphatic rings. The minimum absolute atomic E-state index is 0.0515. The summed E-state index contributed by atoms with van der Waals surface area (Å²) in [5.41, 5.74) is 2.15. The summed E-state index contributed by atoms with van der Waals surface area (Å²) in [5.74, 6) is 0.0756. The van der Waals surface area contributed by atoms with E-state index >= 15 is 0 Å². The lowest BCUT2D eigenvalue weighted by atomic mass is 9.91. The lowest BCUT2D eigenvalue weighted by molar-refractivity contribution is -0.118. The molecule has 36 heavy (non-hydrogen) atoms. The minimum atomic E-state index is -0.333. The molecular weight excluding hydrogens is 547 g/mol. The fourth-order valence-electron chi connectivity index (χ4n) is 4.15. The van der Waals surface area contributed by atoms with E-state index in [4.69, 9.17) is 49.0 Å². The number of halogens is 3. The molecule has 2 unspecified atom stereocenters. The average molecular weight is 570 g/mol. The Labute approximate surface area is 227 Å². The number of rotatable bonds is 8. The van der Waals surface area contributed by atoms with Gasteiger partial charge in [0.2, 0.25) is 11.7 Å². The first-order valence-electron chi connectivity index (χ1n) is 11.0. The molecule has 7 nitrogen and oxygen atoms in total. The SMILES string of the molecule is COc1cc(OC)c(Cl)c(C(=O)c2cc3cnc(CC4COCCC4NC(=O)C=CCl)cc3s2)c1Cl. The van der Waals surface area contributed by atoms with Gasteiger partial charge >= 0.3 is 0 Å². The van der Waals surface area contributed by atoms with Gasteiger partial charge in [0.05, 0.1) is 41.3 Å². The molecule has 2 aromatic heterocycles. The molecule has 1 fully saturated rings. The van der Waals surface area contributed by atoms with E-state index in [1.807, 2.05) is 6.07 Å². The van der Waals surface area contributed by atoms with E-state index < -0.39 is 0 Å². The van der Waals surface area contributed by atoms with Crippen molar-refractivity contribution in [1.82, 2.24) is 10.3 Å². The average Bonchev–Trinajstić information content (AvgIpc) is 3.29. The van der Waals surface area contributed by atoms with Crippen molar-refractivity contribution < 1.29 is 23.8 Å². The fraction of sp³-hybridized carbons (Fsp3) is 0.320. The maximum Gasteiger partial charge on any atom is 0.245 e. The number of benzene rings is 1. The number of fused-ring (bicyclic) bond motifs is 1. The lowest BCUT2D eigenvalue weighted by Gasteiger charge is -2.31. The van der Waals surface area contributed by atoms with Crippen molar-refractivity contribution in [2.45, 2.75) is 18.9 Å². The van der Waals surface area contributed by atoms with Crippen LogP contribution in [-0.4, -0.2) is 50.1 Å². The Morgan fingerprint density at radius 2 is 1.92 bits per heavy atom. The van der Waals surface area contributed by atoms with Gasteiger partial charge in [-0.15, -0.1) is 11.3 Å². The number of pyridine rings is 1. The highest BCUT2D eigenvalue weighted by atomic mass is 35.5. The molecule has 1 aliphatic heterocycles. The predicted molar refractivity (Wildman–Crippen MR) is 142 cm³/mol. The summed E-state index contributed by atoms with van der Waals surface area (Å²) in [4.78, 5) is 30.5. The molecular formula is C25H23Cl3N2O5S. The van der Waals surface area contributed by atoms with Crippen molar-refractivity contribution in [3.63, 3.8) is 0 Å². The highest BCUT2D eigenvalue weighted by molar-refractivity contribution is 7.21. The summed E-state index contributed by atoms with van der Waals surface area (Å²) in [5, 5.41) is 4.06. The lowest BCUT2D eigenvalue weighted by Crippen LogP contribution is -2.45. The Morgan fingerprint density at radius 1 is 1.19 bits per heavy atom. The van der Waals surface area contributed by atoms with Crippen LogP contribution in [0.2, 0.25) is 10.0 Å². The van der Waals surface area contributed by atoms with Crippen molar-refractivity contribution in [1.29, 1.82) is 0 Å². The summed E-state index contributed by atoms with van der Waals surface area (Å²) in [7, 11) is 2.91. The fourth-order valence-corrected chi connectivity index (χ4v) is 5.98. The normalized spacial score (nSPS) is 17.9. The predicted octanol–water partition coefficient (Wildman–Crippen LogP) is 5.67. The maximum absolute atomic E-state index is 13.4. The molecule has 1 saturated heterocycles. The van der Waals surface area contributed by atoms with E-state index in [2.05, 4.69) is 10.3 Å². The quantitative estimate of drug-likeness (QED) is 0.278. The van der Waals surface area contributed by atoms with Crippen molar-refractivity contribution in [2.24, 2.45) is 5.92 Å². The summed E-state index contributed by atoms with van der Waals surface area (Å²) in [6.45, 7) is 1.09. The number of hydrogen-bond acceptors (Lipinski definition) is 7. The molecule has 3 heterocycles. The maximum atomic E-state index is 13.4. The van der Waals surface area contributed by atoms with Gasteiger partial charge in [0.1, 0.15) is 11.5 Å². The van der Waals surface area contributed by atoms with Crippen LogP contribution in [0.15, 0.2) is 36.0 Å². The van der Waals surface area contributed by atoms with Gasteiger partial charge in [0, 0.05) is 58.2 Å². The van der Waals surface area contributed by atoms with E-state index in [0.29, 0.717) is 42.4 Å². The summed E-state index contributed by atoms with van der Waals surface area (Å²) in [6.07, 6.45) is 4.34. The molecule has 1 aromatic carbocycles. The summed E-state index contributed by atoms with van der Waals surface area (Å²) in [6, 6.07) is 5.21. The van der Waals surface area contributed by atoms with Crippen LogP contribution in [0.3, 0.4) is 0 Å². The molecule has 11 heteroatoms. The zero-order valence-corrected chi connectivity index (χ0v) is 22.6. The molecule has 3 aromatic rings. The van der Waals surface area contributed by atoms with Crippen molar-refractivity contribution in [3.05, 3.63) is 62.2 Å². The standard InChI is InChI=1S/C25H23Cl3N2O5S/c1-33-17-10-18(34-2)24(28)22(23(17)27)25(32)20-8-13-11-29-15(9-19(13)36-20)7-14-12-35-6-4-16(14)30-21(31)3-5-26/h3,5,8-11,14,16H,4,6-7,12H2,1-2H3,(H,30,31). The Kier molecular flexibility index (Phi) is 8.74. The number of hydrogen-bond donors (Lipinski definition) is 1. The molecule has 190 valence electrons. The van der Waals surface area contributed by atoms with E-state index in [-0.39, 0.29) is 39.3 Å². The van der Waals surface area contributed by atoms with Gasteiger partial charge in [-0.2, -0.15) is 0 Å². The molecule has 0 saturated carbocycles. The molecule has 0 radical (unpaired) electrons. The second-order valence-electron chi connectivity index (χ2n) is 8.17. The van der Waals surface area contributed by atoms with Crippen molar-refractivity contribution in [3.8, 4) is 11.5 Å². The van der Waals surface area contributed by atoms with Gasteiger partial charge in [0.15, 0.2) is 0 Å². The Hall–Kier alpha value is -2.36. The third kappa shape index (κ3) is 5.63. The molecule has 1 N–H and O–H groups in total. The van der Waals surface area contributed by atoms with Gasteiger partial charge < -0.3 is 19.5 Å². The van der Waals surface area contributed by atoms with Crippen molar-refractivity contribution >= 4 is 67.9 Å². The minimum Gasteiger partial charge on any atom is -0.495 e. The van der Waals surface area contributed by atoms with Crippen LogP contribution in [-0.2, 0) is 16.0 Å². The first-order valence-corrected chi connectivity index (χ1v) is 13.0. The Bertz CT molecular complexity index is 1300. The second-order valence-corrected chi connectivity index (χ2v) is 10.3. The number of carbonyl (C=O) groups excluding carboxylic acids is 2. The summed E-state index contributed by atoms with van der Waals surface area (Å²) >= 11 is 19.7. The van der Waals surface area contributed by atoms with Crippen LogP contribution >= 0.6 is 46.1 Å². The van der Waals surface area contributed by atoms with E-state index in [9.17, 15) is 9.59 Å². The van der Waals surface area contributed by atoms with E-state index in [0.717, 1.165) is 15.8 Å². The number of methoxy groups -OCH3 is 2. The van der Waals surface area contributed by atoms with Crippen LogP contribution in [0.1, 0.15) is 27.3 Å². The zero-order chi connectivity index (χ0) is 25.8.